The molecule has 0 aliphatic carbocycles. The molecule has 3 unspecified atom stereocenters. The lowest BCUT2D eigenvalue weighted by Crippen LogP contribution is -2.26. The molecule has 0 saturated heterocycles. The number of aliphatic hydroxyl groups is 1. The molecule has 1 aromatic rings. The molecule has 0 fully saturated rings. The Balaban J connectivity index is 2.26. The maximum absolute atomic E-state index is 9.25. The third kappa shape index (κ3) is 12.4. The number of rotatable bonds is 17. The molecule has 4 nitrogen and oxygen atoms in total. The quantitative estimate of drug-likeness (QED) is 0.352. The molecule has 162 valence electrons. The fourth-order valence-electron chi connectivity index (χ4n) is 3.03. The monoisotopic (exact) mass is 394 g/mol. The Hall–Kier alpha value is -1.10. The number of aliphatic hydroxyl groups excluding tert-OH is 1. The van der Waals surface area contributed by atoms with Gasteiger partial charge in [-0.2, -0.15) is 0 Å². The van der Waals surface area contributed by atoms with Gasteiger partial charge in [0, 0.05) is 0 Å². The van der Waals surface area contributed by atoms with Crippen LogP contribution < -0.4 is 4.74 Å². The summed E-state index contributed by atoms with van der Waals surface area (Å²) in [5.74, 6) is 0.974. The first kappa shape index (κ1) is 24.9. The van der Waals surface area contributed by atoms with Gasteiger partial charge in [0.15, 0.2) is 0 Å². The average molecular weight is 395 g/mol. The summed E-state index contributed by atoms with van der Waals surface area (Å²) in [6.45, 7) is 9.30. The molecule has 0 aliphatic heterocycles. The van der Waals surface area contributed by atoms with Crippen molar-refractivity contribution in [2.24, 2.45) is 0 Å². The van der Waals surface area contributed by atoms with Crippen LogP contribution in [0.2, 0.25) is 0 Å². The summed E-state index contributed by atoms with van der Waals surface area (Å²) in [5, 5.41) is 9.25. The molecule has 0 spiro atoms. The van der Waals surface area contributed by atoms with Crippen molar-refractivity contribution in [2.75, 3.05) is 19.8 Å². The van der Waals surface area contributed by atoms with E-state index in [1.165, 1.54) is 50.5 Å². The molecule has 0 radical (unpaired) electrons. The second-order valence-corrected chi connectivity index (χ2v) is 7.93. The fourth-order valence-corrected chi connectivity index (χ4v) is 3.03. The summed E-state index contributed by atoms with van der Waals surface area (Å²) in [6.07, 6.45) is 9.83. The highest BCUT2D eigenvalue weighted by Crippen LogP contribution is 2.21. The first-order valence-electron chi connectivity index (χ1n) is 11.1. The molecule has 0 aromatic heterocycles. The van der Waals surface area contributed by atoms with Crippen LogP contribution in [0.1, 0.15) is 78.2 Å². The fraction of sp³-hybridized carbons (Fsp3) is 0.750. The zero-order valence-electron chi connectivity index (χ0n) is 18.5. The van der Waals surface area contributed by atoms with Crippen molar-refractivity contribution >= 4 is 0 Å². The second-order valence-electron chi connectivity index (χ2n) is 7.93. The van der Waals surface area contributed by atoms with Gasteiger partial charge < -0.3 is 19.3 Å². The standard InChI is InChI=1S/C24H42O4/c1-5-6-7-8-9-10-11-14-23-15-12-13-16-24(23)28-19-22(4)27-18-21(3)26-17-20(2)25/h12-13,15-16,20-22,25H,5-11,14,17-19H2,1-4H3. The normalized spacial score (nSPS) is 14.6. The highest BCUT2D eigenvalue weighted by atomic mass is 16.6. The molecule has 1 aromatic carbocycles. The average Bonchev–Trinajstić information content (AvgIpc) is 2.69. The SMILES string of the molecule is CCCCCCCCCc1ccccc1OCC(C)OCC(C)OCC(C)O. The molecular weight excluding hydrogens is 352 g/mol. The number of para-hydroxylation sites is 1. The van der Waals surface area contributed by atoms with Crippen molar-refractivity contribution in [1.29, 1.82) is 0 Å². The van der Waals surface area contributed by atoms with Crippen molar-refractivity contribution in [3.8, 4) is 5.75 Å². The second kappa shape index (κ2) is 15.8. The smallest absolute Gasteiger partial charge is 0.122 e. The number of hydrogen-bond acceptors (Lipinski definition) is 4. The summed E-state index contributed by atoms with van der Waals surface area (Å²) in [5.41, 5.74) is 1.29. The number of hydrogen-bond donors (Lipinski definition) is 1. The Labute approximate surface area is 172 Å². The highest BCUT2D eigenvalue weighted by Gasteiger charge is 2.10. The lowest BCUT2D eigenvalue weighted by Gasteiger charge is -2.19. The predicted octanol–water partition coefficient (Wildman–Crippen LogP) is 5.55. The van der Waals surface area contributed by atoms with Crippen LogP contribution in [0.25, 0.3) is 0 Å². The Morgan fingerprint density at radius 3 is 2.11 bits per heavy atom. The van der Waals surface area contributed by atoms with Gasteiger partial charge in [-0.25, -0.2) is 0 Å². The first-order valence-corrected chi connectivity index (χ1v) is 11.1. The number of ether oxygens (including phenoxy) is 3. The Morgan fingerprint density at radius 2 is 1.39 bits per heavy atom. The molecule has 1 N–H and O–H groups in total. The van der Waals surface area contributed by atoms with E-state index in [9.17, 15) is 5.11 Å². The summed E-state index contributed by atoms with van der Waals surface area (Å²) in [4.78, 5) is 0. The van der Waals surface area contributed by atoms with E-state index in [0.29, 0.717) is 19.8 Å². The van der Waals surface area contributed by atoms with Crippen LogP contribution in [0.15, 0.2) is 24.3 Å². The van der Waals surface area contributed by atoms with Crippen molar-refractivity contribution in [2.45, 2.75) is 97.4 Å². The summed E-state index contributed by atoms with van der Waals surface area (Å²) < 4.78 is 17.4. The van der Waals surface area contributed by atoms with Crippen LogP contribution in [0, 0.1) is 0 Å². The Bertz CT molecular complexity index is 489. The van der Waals surface area contributed by atoms with Crippen molar-refractivity contribution < 1.29 is 19.3 Å². The summed E-state index contributed by atoms with van der Waals surface area (Å²) in [7, 11) is 0. The van der Waals surface area contributed by atoms with E-state index in [0.717, 1.165) is 12.2 Å². The van der Waals surface area contributed by atoms with Crippen LogP contribution in [-0.2, 0) is 15.9 Å². The van der Waals surface area contributed by atoms with Gasteiger partial charge in [0.05, 0.1) is 31.5 Å². The number of unbranched alkanes of at least 4 members (excludes halogenated alkanes) is 6. The largest absolute Gasteiger partial charge is 0.491 e. The van der Waals surface area contributed by atoms with E-state index < -0.39 is 6.10 Å². The molecule has 1 rings (SSSR count). The lowest BCUT2D eigenvalue weighted by molar-refractivity contribution is -0.0600. The lowest BCUT2D eigenvalue weighted by atomic mass is 10.0. The third-order valence-electron chi connectivity index (χ3n) is 4.73. The van der Waals surface area contributed by atoms with Gasteiger partial charge in [-0.3, -0.25) is 0 Å². The minimum atomic E-state index is -0.448. The molecule has 0 amide bonds. The zero-order valence-corrected chi connectivity index (χ0v) is 18.5. The van der Waals surface area contributed by atoms with Crippen LogP contribution >= 0.6 is 0 Å². The van der Waals surface area contributed by atoms with Gasteiger partial charge in [0.1, 0.15) is 12.4 Å². The van der Waals surface area contributed by atoms with Crippen LogP contribution in [0.3, 0.4) is 0 Å². The van der Waals surface area contributed by atoms with E-state index in [4.69, 9.17) is 14.2 Å². The van der Waals surface area contributed by atoms with Crippen LogP contribution in [0.5, 0.6) is 5.75 Å². The molecule has 3 atom stereocenters. The highest BCUT2D eigenvalue weighted by molar-refractivity contribution is 5.33. The molecule has 0 saturated carbocycles. The van der Waals surface area contributed by atoms with E-state index in [1.807, 2.05) is 19.9 Å². The molecule has 4 heteroatoms. The van der Waals surface area contributed by atoms with Gasteiger partial charge >= 0.3 is 0 Å². The van der Waals surface area contributed by atoms with Gasteiger partial charge in [0.25, 0.3) is 0 Å². The Kier molecular flexibility index (Phi) is 14.1. The first-order chi connectivity index (χ1) is 13.5. The maximum Gasteiger partial charge on any atom is 0.122 e. The van der Waals surface area contributed by atoms with Crippen LogP contribution in [-0.4, -0.2) is 43.2 Å². The minimum Gasteiger partial charge on any atom is -0.491 e. The van der Waals surface area contributed by atoms with E-state index in [1.54, 1.807) is 6.92 Å². The zero-order chi connectivity index (χ0) is 20.6. The predicted molar refractivity (Wildman–Crippen MR) is 116 cm³/mol. The van der Waals surface area contributed by atoms with E-state index >= 15 is 0 Å². The maximum atomic E-state index is 9.25. The number of aryl methyl sites for hydroxylation is 1. The van der Waals surface area contributed by atoms with E-state index in [-0.39, 0.29) is 12.2 Å². The molecule has 0 heterocycles. The van der Waals surface area contributed by atoms with Gasteiger partial charge in [0.2, 0.25) is 0 Å². The van der Waals surface area contributed by atoms with Gasteiger partial charge in [-0.1, -0.05) is 63.6 Å². The van der Waals surface area contributed by atoms with Crippen LogP contribution in [0.4, 0.5) is 0 Å². The van der Waals surface area contributed by atoms with E-state index in [2.05, 4.69) is 25.1 Å². The molecule has 28 heavy (non-hydrogen) atoms. The Morgan fingerprint density at radius 1 is 0.786 bits per heavy atom. The van der Waals surface area contributed by atoms with Gasteiger partial charge in [-0.05, 0) is 45.2 Å². The van der Waals surface area contributed by atoms with Crippen molar-refractivity contribution in [3.05, 3.63) is 29.8 Å². The molecular formula is C24H42O4. The molecule has 0 bridgehead atoms. The summed E-state index contributed by atoms with van der Waals surface area (Å²) >= 11 is 0. The summed E-state index contributed by atoms with van der Waals surface area (Å²) in [6, 6.07) is 8.34. The molecule has 0 aliphatic rings. The third-order valence-corrected chi connectivity index (χ3v) is 4.73. The minimum absolute atomic E-state index is 0.00998. The van der Waals surface area contributed by atoms with Crippen molar-refractivity contribution in [1.82, 2.24) is 0 Å². The number of benzene rings is 1. The van der Waals surface area contributed by atoms with Crippen molar-refractivity contribution in [3.63, 3.8) is 0 Å². The topological polar surface area (TPSA) is 47.9 Å². The van der Waals surface area contributed by atoms with Gasteiger partial charge in [-0.15, -0.1) is 0 Å².